The van der Waals surface area contributed by atoms with E-state index in [1.807, 2.05) is 0 Å². The van der Waals surface area contributed by atoms with E-state index in [0.717, 1.165) is 25.9 Å². The summed E-state index contributed by atoms with van der Waals surface area (Å²) >= 11 is 0. The van der Waals surface area contributed by atoms with Crippen LogP contribution in [0.1, 0.15) is 38.3 Å². The van der Waals surface area contributed by atoms with E-state index in [1.54, 1.807) is 0 Å². The van der Waals surface area contributed by atoms with Crippen LogP contribution in [-0.4, -0.2) is 23.5 Å². The average molecular weight is 246 g/mol. The number of hydrogen-bond acceptors (Lipinski definition) is 2. The highest BCUT2D eigenvalue weighted by atomic mass is 15.2. The Hall–Kier alpha value is -0.860. The number of piperidine rings is 1. The third-order valence-electron chi connectivity index (χ3n) is 4.63. The maximum Gasteiger partial charge on any atom is 0.0239 e. The molecule has 0 saturated carbocycles. The van der Waals surface area contributed by atoms with Crippen LogP contribution in [0.4, 0.5) is 0 Å². The second kappa shape index (κ2) is 5.85. The van der Waals surface area contributed by atoms with Gasteiger partial charge in [-0.2, -0.15) is 0 Å². The molecule has 2 N–H and O–H groups in total. The molecular formula is C16H26N2. The maximum atomic E-state index is 6.15. The predicted octanol–water partition coefficient (Wildman–Crippen LogP) is 2.81. The summed E-state index contributed by atoms with van der Waals surface area (Å²) in [5.74, 6) is 0.590. The fraction of sp³-hybridized carbons (Fsp3) is 0.625. The average Bonchev–Trinajstić information content (AvgIpc) is 2.40. The van der Waals surface area contributed by atoms with Crippen molar-refractivity contribution in [2.75, 3.05) is 6.54 Å². The van der Waals surface area contributed by atoms with Crippen molar-refractivity contribution >= 4 is 0 Å². The predicted molar refractivity (Wildman–Crippen MR) is 77.4 cm³/mol. The minimum absolute atomic E-state index is 0.373. The highest BCUT2D eigenvalue weighted by Crippen LogP contribution is 2.24. The smallest absolute Gasteiger partial charge is 0.0239 e. The first-order chi connectivity index (χ1) is 8.63. The molecule has 3 unspecified atom stereocenters. The second-order valence-electron chi connectivity index (χ2n) is 5.64. The van der Waals surface area contributed by atoms with Crippen molar-refractivity contribution in [3.05, 3.63) is 35.4 Å². The van der Waals surface area contributed by atoms with Crippen LogP contribution < -0.4 is 5.73 Å². The van der Waals surface area contributed by atoms with Crippen molar-refractivity contribution in [1.29, 1.82) is 0 Å². The summed E-state index contributed by atoms with van der Waals surface area (Å²) in [5, 5.41) is 0. The molecule has 0 bridgehead atoms. The molecule has 1 aromatic rings. The van der Waals surface area contributed by atoms with Crippen molar-refractivity contribution in [2.24, 2.45) is 11.7 Å². The van der Waals surface area contributed by atoms with E-state index in [9.17, 15) is 0 Å². The van der Waals surface area contributed by atoms with Crippen LogP contribution in [0.2, 0.25) is 0 Å². The molecule has 2 heteroatoms. The number of hydrogen-bond donors (Lipinski definition) is 1. The Bertz CT molecular complexity index is 388. The van der Waals surface area contributed by atoms with Crippen molar-refractivity contribution in [3.8, 4) is 0 Å². The molecule has 3 atom stereocenters. The zero-order valence-corrected chi connectivity index (χ0v) is 11.9. The molecule has 1 heterocycles. The Labute approximate surface area is 111 Å². The van der Waals surface area contributed by atoms with Crippen molar-refractivity contribution in [2.45, 2.75) is 52.2 Å². The molecule has 0 spiro atoms. The van der Waals surface area contributed by atoms with Gasteiger partial charge in [0, 0.05) is 25.2 Å². The highest BCUT2D eigenvalue weighted by Gasteiger charge is 2.30. The first kappa shape index (κ1) is 13.6. The van der Waals surface area contributed by atoms with E-state index in [0.29, 0.717) is 18.0 Å². The summed E-state index contributed by atoms with van der Waals surface area (Å²) in [6, 6.07) is 9.76. The monoisotopic (exact) mass is 246 g/mol. The Kier molecular flexibility index (Phi) is 4.41. The molecule has 0 amide bonds. The van der Waals surface area contributed by atoms with Gasteiger partial charge in [-0.15, -0.1) is 0 Å². The van der Waals surface area contributed by atoms with Crippen LogP contribution in [0.5, 0.6) is 0 Å². The lowest BCUT2D eigenvalue weighted by Gasteiger charge is -2.41. The van der Waals surface area contributed by atoms with Crippen LogP contribution in [0.25, 0.3) is 0 Å². The van der Waals surface area contributed by atoms with E-state index in [-0.39, 0.29) is 0 Å². The summed E-state index contributed by atoms with van der Waals surface area (Å²) in [7, 11) is 0. The quantitative estimate of drug-likeness (QED) is 0.888. The van der Waals surface area contributed by atoms with Gasteiger partial charge in [-0.3, -0.25) is 4.90 Å². The Morgan fingerprint density at radius 3 is 2.56 bits per heavy atom. The van der Waals surface area contributed by atoms with Crippen LogP contribution in [0.3, 0.4) is 0 Å². The van der Waals surface area contributed by atoms with E-state index < -0.39 is 0 Å². The molecular weight excluding hydrogens is 220 g/mol. The zero-order chi connectivity index (χ0) is 13.1. The minimum Gasteiger partial charge on any atom is -0.327 e. The van der Waals surface area contributed by atoms with E-state index in [4.69, 9.17) is 5.73 Å². The molecule has 1 aliphatic heterocycles. The molecule has 2 nitrogen and oxygen atoms in total. The van der Waals surface area contributed by atoms with Gasteiger partial charge in [-0.1, -0.05) is 38.1 Å². The molecule has 0 radical (unpaired) electrons. The number of nitrogens with zero attached hydrogens (tertiary/aromatic N) is 1. The van der Waals surface area contributed by atoms with Gasteiger partial charge in [0.15, 0.2) is 0 Å². The molecule has 2 rings (SSSR count). The van der Waals surface area contributed by atoms with Crippen molar-refractivity contribution < 1.29 is 0 Å². The molecule has 100 valence electrons. The Morgan fingerprint density at radius 2 is 1.89 bits per heavy atom. The van der Waals surface area contributed by atoms with E-state index >= 15 is 0 Å². The summed E-state index contributed by atoms with van der Waals surface area (Å²) in [6.45, 7) is 9.04. The normalized spacial score (nSPS) is 29.4. The SMILES string of the molecule is CCc1ccccc1CN1CCC(N)C(C)C1C. The van der Waals surface area contributed by atoms with Crippen molar-refractivity contribution in [3.63, 3.8) is 0 Å². The van der Waals surface area contributed by atoms with Gasteiger partial charge in [-0.05, 0) is 36.8 Å². The standard InChI is InChI=1S/C16H26N2/c1-4-14-7-5-6-8-15(14)11-18-10-9-16(17)12(2)13(18)3/h5-8,12-13,16H,4,9-11,17H2,1-3H3. The van der Waals surface area contributed by atoms with Gasteiger partial charge < -0.3 is 5.73 Å². The Balaban J connectivity index is 2.09. The van der Waals surface area contributed by atoms with E-state index in [2.05, 4.69) is 49.9 Å². The number of nitrogens with two attached hydrogens (primary N) is 1. The largest absolute Gasteiger partial charge is 0.327 e. The molecule has 1 aromatic carbocycles. The lowest BCUT2D eigenvalue weighted by molar-refractivity contribution is 0.0908. The molecule has 0 aromatic heterocycles. The first-order valence-electron chi connectivity index (χ1n) is 7.20. The lowest BCUT2D eigenvalue weighted by atomic mass is 9.87. The summed E-state index contributed by atoms with van der Waals surface area (Å²) < 4.78 is 0. The number of likely N-dealkylation sites (tertiary alicyclic amines) is 1. The zero-order valence-electron chi connectivity index (χ0n) is 11.9. The van der Waals surface area contributed by atoms with Gasteiger partial charge >= 0.3 is 0 Å². The molecule has 0 aliphatic carbocycles. The van der Waals surface area contributed by atoms with Gasteiger partial charge in [0.05, 0.1) is 0 Å². The lowest BCUT2D eigenvalue weighted by Crippen LogP contribution is -2.51. The van der Waals surface area contributed by atoms with Crippen LogP contribution in [0.15, 0.2) is 24.3 Å². The van der Waals surface area contributed by atoms with Gasteiger partial charge in [0.25, 0.3) is 0 Å². The van der Waals surface area contributed by atoms with Crippen LogP contribution in [0, 0.1) is 5.92 Å². The summed E-state index contributed by atoms with van der Waals surface area (Å²) in [6.07, 6.45) is 2.24. The van der Waals surface area contributed by atoms with Crippen LogP contribution in [-0.2, 0) is 13.0 Å². The highest BCUT2D eigenvalue weighted by molar-refractivity contribution is 5.27. The minimum atomic E-state index is 0.373. The van der Waals surface area contributed by atoms with E-state index in [1.165, 1.54) is 11.1 Å². The topological polar surface area (TPSA) is 29.3 Å². The van der Waals surface area contributed by atoms with Crippen molar-refractivity contribution in [1.82, 2.24) is 4.90 Å². The number of aryl methyl sites for hydroxylation is 1. The molecule has 1 aliphatic rings. The fourth-order valence-electron chi connectivity index (χ4n) is 2.97. The van der Waals surface area contributed by atoms with Gasteiger partial charge in [0.2, 0.25) is 0 Å². The molecule has 18 heavy (non-hydrogen) atoms. The third kappa shape index (κ3) is 2.76. The Morgan fingerprint density at radius 1 is 1.22 bits per heavy atom. The summed E-state index contributed by atoms with van der Waals surface area (Å²) in [4.78, 5) is 2.59. The first-order valence-corrected chi connectivity index (χ1v) is 7.20. The maximum absolute atomic E-state index is 6.15. The fourth-order valence-corrected chi connectivity index (χ4v) is 2.97. The van der Waals surface area contributed by atoms with Gasteiger partial charge in [0.1, 0.15) is 0 Å². The number of rotatable bonds is 3. The van der Waals surface area contributed by atoms with Gasteiger partial charge in [-0.25, -0.2) is 0 Å². The molecule has 1 saturated heterocycles. The van der Waals surface area contributed by atoms with Crippen LogP contribution >= 0.6 is 0 Å². The third-order valence-corrected chi connectivity index (χ3v) is 4.63. The molecule has 1 fully saturated rings. The summed E-state index contributed by atoms with van der Waals surface area (Å²) in [5.41, 5.74) is 9.11. The number of benzene rings is 1. The second-order valence-corrected chi connectivity index (χ2v) is 5.64.